The molecule has 0 aliphatic heterocycles. The molecular formula is C15H15N. The largest absolute Gasteiger partial charge is 0.257 e. The summed E-state index contributed by atoms with van der Waals surface area (Å²) in [6.45, 7) is 4.25. The van der Waals surface area contributed by atoms with Crippen LogP contribution in [0.3, 0.4) is 0 Å². The van der Waals surface area contributed by atoms with E-state index in [0.717, 1.165) is 5.69 Å². The number of nitrogens with zero attached hydrogens (tertiary/aromatic N) is 1. The Hall–Kier alpha value is -1.89. The zero-order valence-corrected chi connectivity index (χ0v) is 9.64. The molecule has 80 valence electrons. The Balaban J connectivity index is 2.43. The summed E-state index contributed by atoms with van der Waals surface area (Å²) >= 11 is 0. The minimum atomic E-state index is 1.05. The quantitative estimate of drug-likeness (QED) is 0.727. The monoisotopic (exact) mass is 209 g/mol. The van der Waals surface area contributed by atoms with Crippen LogP contribution in [0.4, 0.5) is 0 Å². The molecule has 0 fully saturated rings. The van der Waals surface area contributed by atoms with Crippen molar-refractivity contribution in [3.63, 3.8) is 0 Å². The van der Waals surface area contributed by atoms with Gasteiger partial charge in [0.2, 0.25) is 0 Å². The van der Waals surface area contributed by atoms with Gasteiger partial charge in [-0.3, -0.25) is 4.98 Å². The smallest absolute Gasteiger partial charge is 0.0661 e. The van der Waals surface area contributed by atoms with Crippen LogP contribution in [0.5, 0.6) is 0 Å². The van der Waals surface area contributed by atoms with Crippen molar-refractivity contribution in [2.45, 2.75) is 13.8 Å². The van der Waals surface area contributed by atoms with E-state index < -0.39 is 0 Å². The fraction of sp³-hybridized carbons (Fsp3) is 0.133. The first-order valence-corrected chi connectivity index (χ1v) is 5.43. The Morgan fingerprint density at radius 3 is 2.12 bits per heavy atom. The zero-order chi connectivity index (χ0) is 11.4. The number of rotatable bonds is 2. The molecule has 1 aromatic heterocycles. The Kier molecular flexibility index (Phi) is 3.16. The second-order valence-electron chi connectivity index (χ2n) is 3.83. The molecule has 16 heavy (non-hydrogen) atoms. The molecule has 0 bridgehead atoms. The maximum absolute atomic E-state index is 4.37. The van der Waals surface area contributed by atoms with Crippen LogP contribution in [-0.2, 0) is 0 Å². The lowest BCUT2D eigenvalue weighted by Crippen LogP contribution is -1.88. The molecular weight excluding hydrogens is 194 g/mol. The summed E-state index contributed by atoms with van der Waals surface area (Å²) < 4.78 is 0. The number of pyridine rings is 1. The van der Waals surface area contributed by atoms with E-state index in [1.165, 1.54) is 16.7 Å². The molecule has 1 aromatic carbocycles. The number of hydrogen-bond donors (Lipinski definition) is 0. The van der Waals surface area contributed by atoms with Crippen molar-refractivity contribution in [3.8, 4) is 0 Å². The number of benzene rings is 1. The van der Waals surface area contributed by atoms with E-state index in [1.54, 1.807) is 0 Å². The van der Waals surface area contributed by atoms with E-state index in [4.69, 9.17) is 0 Å². The molecule has 0 amide bonds. The number of aromatic nitrogens is 1. The average Bonchev–Trinajstić information content (AvgIpc) is 2.39. The molecule has 0 aliphatic rings. The molecule has 2 rings (SSSR count). The molecule has 0 atom stereocenters. The minimum absolute atomic E-state index is 1.05. The lowest BCUT2D eigenvalue weighted by molar-refractivity contribution is 1.26. The molecule has 0 spiro atoms. The third-order valence-corrected chi connectivity index (χ3v) is 2.82. The Bertz CT molecular complexity index is 436. The maximum atomic E-state index is 4.37. The summed E-state index contributed by atoms with van der Waals surface area (Å²) in [4.78, 5) is 4.37. The average molecular weight is 209 g/mol. The van der Waals surface area contributed by atoms with Crippen molar-refractivity contribution in [1.29, 1.82) is 0 Å². The standard InChI is InChI=1S/C15H15N/c1-12(14-8-4-3-5-9-14)13(2)15-10-6-7-11-16-15/h3-11H,1-2H3. The maximum Gasteiger partial charge on any atom is 0.0661 e. The highest BCUT2D eigenvalue weighted by molar-refractivity contribution is 5.87. The molecule has 1 heteroatoms. The molecule has 1 nitrogen and oxygen atoms in total. The van der Waals surface area contributed by atoms with Crippen LogP contribution in [0.25, 0.3) is 11.1 Å². The normalized spacial score (nSPS) is 12.1. The third-order valence-electron chi connectivity index (χ3n) is 2.82. The van der Waals surface area contributed by atoms with Gasteiger partial charge in [0.25, 0.3) is 0 Å². The van der Waals surface area contributed by atoms with Gasteiger partial charge in [-0.15, -0.1) is 0 Å². The topological polar surface area (TPSA) is 12.9 Å². The van der Waals surface area contributed by atoms with Crippen LogP contribution in [0.2, 0.25) is 0 Å². The molecule has 0 aliphatic carbocycles. The van der Waals surface area contributed by atoms with Gasteiger partial charge in [-0.2, -0.15) is 0 Å². The van der Waals surface area contributed by atoms with E-state index in [0.29, 0.717) is 0 Å². The summed E-state index contributed by atoms with van der Waals surface area (Å²) in [6, 6.07) is 16.4. The Morgan fingerprint density at radius 2 is 1.50 bits per heavy atom. The Labute approximate surface area is 96.5 Å². The SMILES string of the molecule is CC(=C(C)c1ccccn1)c1ccccc1. The summed E-state index contributed by atoms with van der Waals surface area (Å²) in [5.41, 5.74) is 4.81. The van der Waals surface area contributed by atoms with Gasteiger partial charge in [0, 0.05) is 6.20 Å². The number of allylic oxidation sites excluding steroid dienone is 2. The van der Waals surface area contributed by atoms with Crippen LogP contribution in [-0.4, -0.2) is 4.98 Å². The first kappa shape index (κ1) is 10.6. The molecule has 0 radical (unpaired) electrons. The van der Waals surface area contributed by atoms with Crippen molar-refractivity contribution in [3.05, 3.63) is 66.0 Å². The molecule has 0 saturated heterocycles. The fourth-order valence-corrected chi connectivity index (χ4v) is 1.68. The first-order valence-electron chi connectivity index (χ1n) is 5.43. The van der Waals surface area contributed by atoms with Gasteiger partial charge in [0.1, 0.15) is 0 Å². The van der Waals surface area contributed by atoms with Gasteiger partial charge >= 0.3 is 0 Å². The second-order valence-corrected chi connectivity index (χ2v) is 3.83. The predicted octanol–water partition coefficient (Wildman–Crippen LogP) is 4.03. The summed E-state index contributed by atoms with van der Waals surface area (Å²) in [6.07, 6.45) is 1.83. The van der Waals surface area contributed by atoms with Crippen LogP contribution in [0.1, 0.15) is 25.1 Å². The molecule has 0 unspecified atom stereocenters. The predicted molar refractivity (Wildman–Crippen MR) is 68.8 cm³/mol. The lowest BCUT2D eigenvalue weighted by atomic mass is 10.0. The van der Waals surface area contributed by atoms with E-state index in [2.05, 4.69) is 43.1 Å². The van der Waals surface area contributed by atoms with Gasteiger partial charge in [-0.1, -0.05) is 36.4 Å². The lowest BCUT2D eigenvalue weighted by Gasteiger charge is -2.07. The van der Waals surface area contributed by atoms with E-state index in [-0.39, 0.29) is 0 Å². The van der Waals surface area contributed by atoms with Crippen LogP contribution < -0.4 is 0 Å². The van der Waals surface area contributed by atoms with Crippen molar-refractivity contribution >= 4 is 11.1 Å². The van der Waals surface area contributed by atoms with Crippen molar-refractivity contribution < 1.29 is 0 Å². The summed E-state index contributed by atoms with van der Waals surface area (Å²) in [7, 11) is 0. The highest BCUT2D eigenvalue weighted by atomic mass is 14.7. The van der Waals surface area contributed by atoms with Gasteiger partial charge in [-0.05, 0) is 42.7 Å². The first-order chi connectivity index (χ1) is 7.79. The molecule has 1 heterocycles. The van der Waals surface area contributed by atoms with Gasteiger partial charge in [0.05, 0.1) is 5.69 Å². The minimum Gasteiger partial charge on any atom is -0.257 e. The third kappa shape index (κ3) is 2.19. The van der Waals surface area contributed by atoms with Crippen molar-refractivity contribution in [2.24, 2.45) is 0 Å². The fourth-order valence-electron chi connectivity index (χ4n) is 1.68. The second kappa shape index (κ2) is 4.75. The molecule has 2 aromatic rings. The zero-order valence-electron chi connectivity index (χ0n) is 9.64. The van der Waals surface area contributed by atoms with Crippen molar-refractivity contribution in [2.75, 3.05) is 0 Å². The highest BCUT2D eigenvalue weighted by Gasteiger charge is 2.02. The van der Waals surface area contributed by atoms with Crippen molar-refractivity contribution in [1.82, 2.24) is 4.98 Å². The van der Waals surface area contributed by atoms with Crippen LogP contribution >= 0.6 is 0 Å². The van der Waals surface area contributed by atoms with E-state index >= 15 is 0 Å². The number of hydrogen-bond acceptors (Lipinski definition) is 1. The van der Waals surface area contributed by atoms with Gasteiger partial charge in [-0.25, -0.2) is 0 Å². The van der Waals surface area contributed by atoms with Crippen LogP contribution in [0, 0.1) is 0 Å². The Morgan fingerprint density at radius 1 is 0.812 bits per heavy atom. The summed E-state index contributed by atoms with van der Waals surface area (Å²) in [5.74, 6) is 0. The highest BCUT2D eigenvalue weighted by Crippen LogP contribution is 2.23. The molecule has 0 N–H and O–H groups in total. The van der Waals surface area contributed by atoms with E-state index in [9.17, 15) is 0 Å². The van der Waals surface area contributed by atoms with E-state index in [1.807, 2.05) is 30.5 Å². The summed E-state index contributed by atoms with van der Waals surface area (Å²) in [5, 5.41) is 0. The molecule has 0 saturated carbocycles. The van der Waals surface area contributed by atoms with Gasteiger partial charge in [0.15, 0.2) is 0 Å². The van der Waals surface area contributed by atoms with Gasteiger partial charge < -0.3 is 0 Å². The van der Waals surface area contributed by atoms with Crippen LogP contribution in [0.15, 0.2) is 54.7 Å².